The third-order valence-electron chi connectivity index (χ3n) is 8.04. The lowest BCUT2D eigenvalue weighted by atomic mass is 9.92. The Labute approximate surface area is 201 Å². The third-order valence-corrected chi connectivity index (χ3v) is 8.04. The van der Waals surface area contributed by atoms with Gasteiger partial charge in [-0.05, 0) is 79.5 Å². The number of pyridine rings is 1. The van der Waals surface area contributed by atoms with Crippen LogP contribution in [-0.2, 0) is 6.54 Å². The molecule has 1 atom stereocenters. The summed E-state index contributed by atoms with van der Waals surface area (Å²) < 4.78 is 2.11. The quantitative estimate of drug-likeness (QED) is 0.499. The number of nitrogens with zero attached hydrogens (tertiary/aromatic N) is 5. The zero-order chi connectivity index (χ0) is 23.7. The van der Waals surface area contributed by atoms with Gasteiger partial charge in [0.25, 0.3) is 5.56 Å². The summed E-state index contributed by atoms with van der Waals surface area (Å²) in [5.41, 5.74) is 4.13. The van der Waals surface area contributed by atoms with Gasteiger partial charge in [0.05, 0.1) is 17.6 Å². The van der Waals surface area contributed by atoms with Crippen LogP contribution in [0.4, 0.5) is 0 Å². The van der Waals surface area contributed by atoms with Crippen LogP contribution in [0.15, 0.2) is 23.0 Å². The molecule has 7 nitrogen and oxygen atoms in total. The number of hydrogen-bond acceptors (Lipinski definition) is 5. The van der Waals surface area contributed by atoms with Gasteiger partial charge in [0.1, 0.15) is 0 Å². The van der Waals surface area contributed by atoms with E-state index in [9.17, 15) is 4.79 Å². The number of hydrogen-bond donors (Lipinski definition) is 1. The number of aromatic nitrogens is 5. The predicted octanol–water partition coefficient (Wildman–Crippen LogP) is 5.53. The molecule has 2 aliphatic carbocycles. The van der Waals surface area contributed by atoms with Crippen molar-refractivity contribution >= 4 is 10.9 Å². The van der Waals surface area contributed by atoms with E-state index >= 15 is 0 Å². The minimum absolute atomic E-state index is 0.0190. The van der Waals surface area contributed by atoms with E-state index in [2.05, 4.69) is 69.1 Å². The van der Waals surface area contributed by atoms with E-state index in [0.717, 1.165) is 47.1 Å². The first-order valence-corrected chi connectivity index (χ1v) is 13.2. The Hall–Kier alpha value is -2.54. The fourth-order valence-electron chi connectivity index (χ4n) is 6.35. The molecule has 2 aliphatic rings. The molecule has 7 heteroatoms. The molecule has 34 heavy (non-hydrogen) atoms. The fourth-order valence-corrected chi connectivity index (χ4v) is 6.35. The highest BCUT2D eigenvalue weighted by Crippen LogP contribution is 2.36. The Kier molecular flexibility index (Phi) is 6.82. The Morgan fingerprint density at radius 3 is 2.53 bits per heavy atom. The highest BCUT2D eigenvalue weighted by atomic mass is 16.1. The van der Waals surface area contributed by atoms with Crippen molar-refractivity contribution in [1.82, 2.24) is 30.1 Å². The summed E-state index contributed by atoms with van der Waals surface area (Å²) in [6.07, 6.45) is 11.9. The molecule has 2 aromatic heterocycles. The van der Waals surface area contributed by atoms with Gasteiger partial charge in [0.2, 0.25) is 0 Å². The van der Waals surface area contributed by atoms with E-state index in [1.54, 1.807) is 0 Å². The number of aromatic amines is 1. The normalized spacial score (nSPS) is 18.8. The zero-order valence-corrected chi connectivity index (χ0v) is 20.9. The molecule has 0 aliphatic heterocycles. The lowest BCUT2D eigenvalue weighted by molar-refractivity contribution is 0.0830. The molecule has 0 radical (unpaired) electrons. The summed E-state index contributed by atoms with van der Waals surface area (Å²) in [7, 11) is 0. The van der Waals surface area contributed by atoms with Crippen LogP contribution < -0.4 is 5.56 Å². The summed E-state index contributed by atoms with van der Waals surface area (Å²) in [6, 6.07) is 7.36. The molecule has 182 valence electrons. The van der Waals surface area contributed by atoms with Crippen molar-refractivity contribution < 1.29 is 0 Å². The van der Waals surface area contributed by atoms with Gasteiger partial charge in [-0.1, -0.05) is 50.7 Å². The molecule has 2 heterocycles. The average molecular weight is 463 g/mol. The first kappa shape index (κ1) is 23.2. The Morgan fingerprint density at radius 2 is 1.79 bits per heavy atom. The fraction of sp³-hybridized carbons (Fsp3) is 0.630. The van der Waals surface area contributed by atoms with Crippen LogP contribution >= 0.6 is 0 Å². The van der Waals surface area contributed by atoms with E-state index in [-0.39, 0.29) is 11.6 Å². The molecule has 1 N–H and O–H groups in total. The minimum atomic E-state index is 0.0190. The van der Waals surface area contributed by atoms with Gasteiger partial charge in [0, 0.05) is 18.2 Å². The summed E-state index contributed by atoms with van der Waals surface area (Å²) in [4.78, 5) is 19.0. The van der Waals surface area contributed by atoms with Gasteiger partial charge in [-0.3, -0.25) is 9.69 Å². The summed E-state index contributed by atoms with van der Waals surface area (Å²) in [5.74, 6) is 0.976. The molecule has 0 bridgehead atoms. The summed E-state index contributed by atoms with van der Waals surface area (Å²) >= 11 is 0. The van der Waals surface area contributed by atoms with Crippen molar-refractivity contribution in [1.29, 1.82) is 0 Å². The second-order valence-electron chi connectivity index (χ2n) is 10.5. The monoisotopic (exact) mass is 462 g/mol. The summed E-state index contributed by atoms with van der Waals surface area (Å²) in [6.45, 7) is 7.03. The molecule has 2 fully saturated rings. The van der Waals surface area contributed by atoms with Crippen molar-refractivity contribution in [2.24, 2.45) is 0 Å². The van der Waals surface area contributed by atoms with E-state index in [1.807, 2.05) is 0 Å². The van der Waals surface area contributed by atoms with Gasteiger partial charge >= 0.3 is 0 Å². The molecule has 0 saturated heterocycles. The lowest BCUT2D eigenvalue weighted by Crippen LogP contribution is -2.41. The van der Waals surface area contributed by atoms with Crippen molar-refractivity contribution in [2.45, 2.75) is 110 Å². The van der Waals surface area contributed by atoms with Gasteiger partial charge < -0.3 is 4.98 Å². The molecular formula is C27H38N6O. The topological polar surface area (TPSA) is 79.7 Å². The van der Waals surface area contributed by atoms with Gasteiger partial charge in [0.15, 0.2) is 5.82 Å². The molecule has 5 rings (SSSR count). The van der Waals surface area contributed by atoms with Crippen LogP contribution in [0.3, 0.4) is 0 Å². The molecule has 0 amide bonds. The van der Waals surface area contributed by atoms with Crippen molar-refractivity contribution in [3.63, 3.8) is 0 Å². The van der Waals surface area contributed by atoms with Crippen LogP contribution in [0.5, 0.6) is 0 Å². The lowest BCUT2D eigenvalue weighted by Gasteiger charge is -2.39. The van der Waals surface area contributed by atoms with Gasteiger partial charge in [-0.15, -0.1) is 5.10 Å². The first-order valence-electron chi connectivity index (χ1n) is 13.2. The Bertz CT molecular complexity index is 1190. The number of aryl methyl sites for hydroxylation is 2. The van der Waals surface area contributed by atoms with Crippen molar-refractivity contribution in [2.75, 3.05) is 0 Å². The SMILES string of the molecule is CC[C@H](c1nnnn1C1CCCC1)N(Cc1cc2cc(C)cc(C)c2[nH]c1=O)C1CCCCC1. The Morgan fingerprint density at radius 1 is 1.06 bits per heavy atom. The minimum Gasteiger partial charge on any atom is -0.321 e. The van der Waals surface area contributed by atoms with Crippen LogP contribution in [0.25, 0.3) is 10.9 Å². The molecule has 2 saturated carbocycles. The van der Waals surface area contributed by atoms with Crippen LogP contribution in [0.2, 0.25) is 0 Å². The highest BCUT2D eigenvalue weighted by Gasteiger charge is 2.33. The van der Waals surface area contributed by atoms with Crippen LogP contribution in [-0.4, -0.2) is 36.1 Å². The number of fused-ring (bicyclic) bond motifs is 1. The molecule has 0 unspecified atom stereocenters. The van der Waals surface area contributed by atoms with E-state index < -0.39 is 0 Å². The van der Waals surface area contributed by atoms with E-state index in [0.29, 0.717) is 18.6 Å². The molecule has 3 aromatic rings. The molecular weight excluding hydrogens is 424 g/mol. The molecule has 0 spiro atoms. The molecule has 1 aromatic carbocycles. The first-order chi connectivity index (χ1) is 16.5. The Balaban J connectivity index is 1.53. The maximum Gasteiger partial charge on any atom is 0.252 e. The van der Waals surface area contributed by atoms with Crippen LogP contribution in [0.1, 0.15) is 106 Å². The van der Waals surface area contributed by atoms with Gasteiger partial charge in [-0.2, -0.15) is 0 Å². The average Bonchev–Trinajstić information content (AvgIpc) is 3.52. The maximum atomic E-state index is 13.2. The third kappa shape index (κ3) is 4.54. The number of H-pyrrole nitrogens is 1. The number of benzene rings is 1. The van der Waals surface area contributed by atoms with Gasteiger partial charge in [-0.25, -0.2) is 4.68 Å². The summed E-state index contributed by atoms with van der Waals surface area (Å²) in [5, 5.41) is 14.2. The highest BCUT2D eigenvalue weighted by molar-refractivity contribution is 5.82. The van der Waals surface area contributed by atoms with E-state index in [4.69, 9.17) is 0 Å². The van der Waals surface area contributed by atoms with Crippen LogP contribution in [0, 0.1) is 13.8 Å². The second kappa shape index (κ2) is 9.98. The second-order valence-corrected chi connectivity index (χ2v) is 10.5. The standard InChI is InChI=1S/C27H38N6O/c1-4-24(26-29-30-31-33(26)23-12-8-9-13-23)32(22-10-6-5-7-11-22)17-21-16-20-15-18(2)14-19(3)25(20)28-27(21)34/h14-16,22-24H,4-13,17H2,1-3H3,(H,28,34)/t24-/m1/s1. The van der Waals surface area contributed by atoms with Crippen molar-refractivity contribution in [3.8, 4) is 0 Å². The predicted molar refractivity (Wildman–Crippen MR) is 135 cm³/mol. The van der Waals surface area contributed by atoms with E-state index in [1.165, 1.54) is 50.5 Å². The smallest absolute Gasteiger partial charge is 0.252 e. The number of nitrogens with one attached hydrogen (secondary N) is 1. The zero-order valence-electron chi connectivity index (χ0n) is 20.9. The number of tetrazole rings is 1. The largest absolute Gasteiger partial charge is 0.321 e. The maximum absolute atomic E-state index is 13.2. The number of rotatable bonds is 7. The van der Waals surface area contributed by atoms with Crippen molar-refractivity contribution in [3.05, 3.63) is 51.1 Å².